The summed E-state index contributed by atoms with van der Waals surface area (Å²) in [6.45, 7) is 4.41. The summed E-state index contributed by atoms with van der Waals surface area (Å²) in [6.07, 6.45) is 7.30. The number of hydrogen-bond acceptors (Lipinski definition) is 3. The van der Waals surface area contributed by atoms with Gasteiger partial charge in [0.25, 0.3) is 0 Å². The van der Waals surface area contributed by atoms with Crippen LogP contribution in [0.3, 0.4) is 0 Å². The van der Waals surface area contributed by atoms with Gasteiger partial charge in [0.05, 0.1) is 13.2 Å². The monoisotopic (exact) mass is 388 g/mol. The van der Waals surface area contributed by atoms with Gasteiger partial charge in [-0.05, 0) is 36.6 Å². The van der Waals surface area contributed by atoms with Crippen LogP contribution >= 0.6 is 0 Å². The lowest BCUT2D eigenvalue weighted by Crippen LogP contribution is -2.01. The van der Waals surface area contributed by atoms with Crippen LogP contribution in [0, 0.1) is 11.6 Å². The Morgan fingerprint density at radius 1 is 0.893 bits per heavy atom. The molecule has 0 aliphatic carbocycles. The van der Waals surface area contributed by atoms with Crippen molar-refractivity contribution in [3.05, 3.63) is 66.8 Å². The van der Waals surface area contributed by atoms with E-state index < -0.39 is 11.6 Å². The fourth-order valence-corrected chi connectivity index (χ4v) is 2.79. The lowest BCUT2D eigenvalue weighted by atomic mass is 10.0. The van der Waals surface area contributed by atoms with Gasteiger partial charge in [-0.3, -0.25) is 0 Å². The molecule has 0 aliphatic heterocycles. The van der Waals surface area contributed by atoms with Crippen molar-refractivity contribution >= 4 is 5.97 Å². The maximum Gasteiger partial charge on any atom is 0.330 e. The predicted octanol–water partition coefficient (Wildman–Crippen LogP) is 6.08. The predicted molar refractivity (Wildman–Crippen MR) is 106 cm³/mol. The lowest BCUT2D eigenvalue weighted by molar-refractivity contribution is -0.137. The number of halogens is 2. The Kier molecular flexibility index (Phi) is 9.19. The largest absolute Gasteiger partial charge is 0.494 e. The van der Waals surface area contributed by atoms with Crippen LogP contribution in [0.25, 0.3) is 11.1 Å². The first kappa shape index (κ1) is 21.6. The van der Waals surface area contributed by atoms with E-state index in [1.54, 1.807) is 30.3 Å². The van der Waals surface area contributed by atoms with Crippen LogP contribution < -0.4 is 4.74 Å². The number of rotatable bonds is 12. The SMILES string of the molecule is C=CC(=O)OCCCCCCCCOc1ccc(-c2cccc(F)c2F)cc1. The first-order chi connectivity index (χ1) is 13.6. The molecule has 0 atom stereocenters. The van der Waals surface area contributed by atoms with Crippen molar-refractivity contribution in [2.24, 2.45) is 0 Å². The van der Waals surface area contributed by atoms with E-state index in [1.165, 1.54) is 12.1 Å². The highest BCUT2D eigenvalue weighted by Gasteiger charge is 2.09. The molecule has 0 saturated heterocycles. The third kappa shape index (κ3) is 7.14. The molecule has 0 N–H and O–H groups in total. The maximum atomic E-state index is 13.8. The van der Waals surface area contributed by atoms with E-state index in [4.69, 9.17) is 9.47 Å². The van der Waals surface area contributed by atoms with Gasteiger partial charge in [-0.25, -0.2) is 13.6 Å². The van der Waals surface area contributed by atoms with Gasteiger partial charge < -0.3 is 9.47 Å². The minimum atomic E-state index is -0.851. The molecule has 5 heteroatoms. The van der Waals surface area contributed by atoms with Crippen molar-refractivity contribution in [2.75, 3.05) is 13.2 Å². The second-order valence-electron chi connectivity index (χ2n) is 6.47. The van der Waals surface area contributed by atoms with E-state index in [0.717, 1.165) is 44.6 Å². The zero-order valence-electron chi connectivity index (χ0n) is 16.0. The molecule has 0 fully saturated rings. The van der Waals surface area contributed by atoms with Crippen molar-refractivity contribution in [3.63, 3.8) is 0 Å². The van der Waals surface area contributed by atoms with E-state index in [1.807, 2.05) is 0 Å². The standard InChI is InChI=1S/C23H26F2O3/c1-2-22(26)28-17-8-6-4-3-5-7-16-27-19-14-12-18(13-15-19)20-10-9-11-21(24)23(20)25/h2,9-15H,1,3-8,16-17H2. The quantitative estimate of drug-likeness (QED) is 0.251. The Balaban J connectivity index is 1.59. The highest BCUT2D eigenvalue weighted by atomic mass is 19.2. The molecule has 2 rings (SSSR count). The van der Waals surface area contributed by atoms with E-state index >= 15 is 0 Å². The number of carbonyl (C=O) groups excluding carboxylic acids is 1. The molecular weight excluding hydrogens is 362 g/mol. The van der Waals surface area contributed by atoms with Gasteiger partial charge in [0.2, 0.25) is 0 Å². The van der Waals surface area contributed by atoms with Gasteiger partial charge in [0, 0.05) is 11.6 Å². The molecule has 0 aromatic heterocycles. The minimum Gasteiger partial charge on any atom is -0.494 e. The number of unbranched alkanes of at least 4 members (excludes halogenated alkanes) is 5. The van der Waals surface area contributed by atoms with Gasteiger partial charge in [0.15, 0.2) is 11.6 Å². The average Bonchev–Trinajstić information content (AvgIpc) is 2.71. The number of hydrogen-bond donors (Lipinski definition) is 0. The Morgan fingerprint density at radius 3 is 2.21 bits per heavy atom. The molecule has 2 aromatic rings. The molecule has 0 spiro atoms. The Morgan fingerprint density at radius 2 is 1.54 bits per heavy atom. The summed E-state index contributed by atoms with van der Waals surface area (Å²) < 4.78 is 37.8. The van der Waals surface area contributed by atoms with E-state index in [-0.39, 0.29) is 11.5 Å². The zero-order chi connectivity index (χ0) is 20.2. The Bertz CT molecular complexity index is 757. The molecule has 0 unspecified atom stereocenters. The highest BCUT2D eigenvalue weighted by Crippen LogP contribution is 2.26. The highest BCUT2D eigenvalue weighted by molar-refractivity contribution is 5.81. The summed E-state index contributed by atoms with van der Waals surface area (Å²) >= 11 is 0. The average molecular weight is 388 g/mol. The fraction of sp³-hybridized carbons (Fsp3) is 0.348. The summed E-state index contributed by atoms with van der Waals surface area (Å²) in [5, 5.41) is 0. The number of carbonyl (C=O) groups is 1. The normalized spacial score (nSPS) is 10.5. The Hall–Kier alpha value is -2.69. The molecule has 28 heavy (non-hydrogen) atoms. The molecular formula is C23H26F2O3. The van der Waals surface area contributed by atoms with E-state index in [9.17, 15) is 13.6 Å². The first-order valence-electron chi connectivity index (χ1n) is 9.58. The van der Waals surface area contributed by atoms with Crippen LogP contribution in [0.5, 0.6) is 5.75 Å². The number of benzene rings is 2. The third-order valence-electron chi connectivity index (χ3n) is 4.34. The van der Waals surface area contributed by atoms with Gasteiger partial charge in [-0.15, -0.1) is 0 Å². The Labute approximate surface area is 165 Å². The summed E-state index contributed by atoms with van der Waals surface area (Å²) in [7, 11) is 0. The molecule has 0 bridgehead atoms. The summed E-state index contributed by atoms with van der Waals surface area (Å²) in [5.74, 6) is -1.35. The summed E-state index contributed by atoms with van der Waals surface area (Å²) in [5.41, 5.74) is 0.855. The summed E-state index contributed by atoms with van der Waals surface area (Å²) in [6, 6.07) is 11.1. The lowest BCUT2D eigenvalue weighted by Gasteiger charge is -2.08. The molecule has 150 valence electrons. The molecule has 3 nitrogen and oxygen atoms in total. The smallest absolute Gasteiger partial charge is 0.330 e. The second-order valence-corrected chi connectivity index (χ2v) is 6.47. The van der Waals surface area contributed by atoms with Crippen LogP contribution in [-0.4, -0.2) is 19.2 Å². The van der Waals surface area contributed by atoms with Crippen LogP contribution in [0.2, 0.25) is 0 Å². The van der Waals surface area contributed by atoms with Crippen molar-refractivity contribution in [2.45, 2.75) is 38.5 Å². The topological polar surface area (TPSA) is 35.5 Å². The van der Waals surface area contributed by atoms with Crippen LogP contribution in [0.15, 0.2) is 55.1 Å². The second kappa shape index (κ2) is 11.9. The number of esters is 1. The van der Waals surface area contributed by atoms with E-state index in [0.29, 0.717) is 24.5 Å². The molecule has 0 radical (unpaired) electrons. The van der Waals surface area contributed by atoms with Crippen LogP contribution in [-0.2, 0) is 9.53 Å². The number of ether oxygens (including phenoxy) is 2. The van der Waals surface area contributed by atoms with Gasteiger partial charge in [0.1, 0.15) is 5.75 Å². The van der Waals surface area contributed by atoms with Crippen molar-refractivity contribution in [3.8, 4) is 16.9 Å². The minimum absolute atomic E-state index is 0.241. The molecule has 0 heterocycles. The summed E-state index contributed by atoms with van der Waals surface area (Å²) in [4.78, 5) is 10.9. The molecule has 2 aromatic carbocycles. The molecule has 0 saturated carbocycles. The van der Waals surface area contributed by atoms with Crippen molar-refractivity contribution < 1.29 is 23.0 Å². The van der Waals surface area contributed by atoms with Gasteiger partial charge in [-0.1, -0.05) is 56.5 Å². The zero-order valence-corrected chi connectivity index (χ0v) is 16.0. The third-order valence-corrected chi connectivity index (χ3v) is 4.34. The van der Waals surface area contributed by atoms with Crippen molar-refractivity contribution in [1.82, 2.24) is 0 Å². The molecule has 0 aliphatic rings. The molecule has 0 amide bonds. The van der Waals surface area contributed by atoms with Crippen LogP contribution in [0.1, 0.15) is 38.5 Å². The van der Waals surface area contributed by atoms with Crippen molar-refractivity contribution in [1.29, 1.82) is 0 Å². The maximum absolute atomic E-state index is 13.8. The van der Waals surface area contributed by atoms with Gasteiger partial charge >= 0.3 is 5.97 Å². The van der Waals surface area contributed by atoms with Gasteiger partial charge in [-0.2, -0.15) is 0 Å². The first-order valence-corrected chi connectivity index (χ1v) is 9.58. The van der Waals surface area contributed by atoms with Crippen LogP contribution in [0.4, 0.5) is 8.78 Å². The fourth-order valence-electron chi connectivity index (χ4n) is 2.79. The van der Waals surface area contributed by atoms with E-state index in [2.05, 4.69) is 6.58 Å².